The first-order valence-electron chi connectivity index (χ1n) is 4.34. The van der Waals surface area contributed by atoms with Crippen molar-refractivity contribution in [2.45, 2.75) is 13.3 Å². The van der Waals surface area contributed by atoms with E-state index in [4.69, 9.17) is 5.11 Å². The molecule has 0 amide bonds. The Kier molecular flexibility index (Phi) is 3.67. The van der Waals surface area contributed by atoms with Crippen LogP contribution in [0.4, 0.5) is 0 Å². The number of hydrogen-bond acceptors (Lipinski definition) is 2. The number of aromatic amines is 1. The monoisotopic (exact) mass is 192 g/mol. The first-order chi connectivity index (χ1) is 6.74. The van der Waals surface area contributed by atoms with Crippen molar-refractivity contribution in [3.05, 3.63) is 30.6 Å². The van der Waals surface area contributed by atoms with Gasteiger partial charge in [-0.15, -0.1) is 0 Å². The van der Waals surface area contributed by atoms with Crippen LogP contribution in [-0.2, 0) is 4.79 Å². The Morgan fingerprint density at radius 1 is 1.57 bits per heavy atom. The Bertz CT molecular complexity index is 379. The standard InChI is InChI=1S/C7H6N2.C3H6O2/c1-2-6-3-5-9-7(6)8-4-1;1-2-3(4)5/h1-5H,(H,8,9);2H2,1H3,(H,4,5). The molecule has 0 aromatic carbocycles. The number of carboxylic acid groups (broad SMARTS) is 1. The fraction of sp³-hybridized carbons (Fsp3) is 0.200. The van der Waals surface area contributed by atoms with Gasteiger partial charge in [-0.2, -0.15) is 0 Å². The van der Waals surface area contributed by atoms with E-state index in [2.05, 4.69) is 9.97 Å². The molecule has 0 aliphatic rings. The molecule has 0 unspecified atom stereocenters. The lowest BCUT2D eigenvalue weighted by Crippen LogP contribution is -1.86. The summed E-state index contributed by atoms with van der Waals surface area (Å²) >= 11 is 0. The average Bonchev–Trinajstić information content (AvgIpc) is 2.66. The molecule has 0 saturated carbocycles. The highest BCUT2D eigenvalue weighted by molar-refractivity contribution is 5.74. The van der Waals surface area contributed by atoms with E-state index in [0.29, 0.717) is 0 Å². The third-order valence-corrected chi connectivity index (χ3v) is 1.62. The maximum atomic E-state index is 9.37. The van der Waals surface area contributed by atoms with Crippen molar-refractivity contribution in [2.24, 2.45) is 0 Å². The zero-order chi connectivity index (χ0) is 10.4. The molecule has 0 spiro atoms. The van der Waals surface area contributed by atoms with Gasteiger partial charge in [-0.1, -0.05) is 6.92 Å². The lowest BCUT2D eigenvalue weighted by molar-refractivity contribution is -0.136. The van der Waals surface area contributed by atoms with Crippen molar-refractivity contribution in [3.8, 4) is 0 Å². The zero-order valence-electron chi connectivity index (χ0n) is 7.90. The molecule has 0 saturated heterocycles. The van der Waals surface area contributed by atoms with Gasteiger partial charge in [0.05, 0.1) is 0 Å². The van der Waals surface area contributed by atoms with Crippen LogP contribution in [0.1, 0.15) is 13.3 Å². The highest BCUT2D eigenvalue weighted by atomic mass is 16.4. The molecule has 2 aromatic rings. The maximum absolute atomic E-state index is 9.37. The Balaban J connectivity index is 0.000000171. The van der Waals surface area contributed by atoms with E-state index in [1.807, 2.05) is 24.4 Å². The van der Waals surface area contributed by atoms with E-state index >= 15 is 0 Å². The molecular weight excluding hydrogens is 180 g/mol. The smallest absolute Gasteiger partial charge is 0.303 e. The second kappa shape index (κ2) is 5.01. The number of carbonyl (C=O) groups is 1. The van der Waals surface area contributed by atoms with E-state index in [-0.39, 0.29) is 6.42 Å². The quantitative estimate of drug-likeness (QED) is 0.726. The lowest BCUT2D eigenvalue weighted by Gasteiger charge is -1.82. The summed E-state index contributed by atoms with van der Waals surface area (Å²) in [4.78, 5) is 16.5. The SMILES string of the molecule is CCC(=O)O.c1cnc2[nH]ccc2c1. The van der Waals surface area contributed by atoms with Gasteiger partial charge < -0.3 is 10.1 Å². The normalized spacial score (nSPS) is 9.21. The van der Waals surface area contributed by atoms with Crippen LogP contribution >= 0.6 is 0 Å². The first-order valence-corrected chi connectivity index (χ1v) is 4.34. The van der Waals surface area contributed by atoms with Gasteiger partial charge >= 0.3 is 5.97 Å². The van der Waals surface area contributed by atoms with Gasteiger partial charge in [0, 0.05) is 24.2 Å². The topological polar surface area (TPSA) is 66.0 Å². The van der Waals surface area contributed by atoms with Crippen molar-refractivity contribution in [1.82, 2.24) is 9.97 Å². The molecule has 2 rings (SSSR count). The molecule has 2 heterocycles. The van der Waals surface area contributed by atoms with Crippen LogP contribution in [0.15, 0.2) is 30.6 Å². The summed E-state index contributed by atoms with van der Waals surface area (Å²) in [5, 5.41) is 8.89. The number of H-pyrrole nitrogens is 1. The van der Waals surface area contributed by atoms with Crippen LogP contribution < -0.4 is 0 Å². The number of nitrogens with one attached hydrogen (secondary N) is 1. The maximum Gasteiger partial charge on any atom is 0.303 e. The molecule has 0 aliphatic heterocycles. The summed E-state index contributed by atoms with van der Waals surface area (Å²) < 4.78 is 0. The Morgan fingerprint density at radius 2 is 2.29 bits per heavy atom. The van der Waals surface area contributed by atoms with Gasteiger partial charge in [0.25, 0.3) is 0 Å². The summed E-state index contributed by atoms with van der Waals surface area (Å²) in [5.74, 6) is -0.745. The lowest BCUT2D eigenvalue weighted by atomic mass is 10.3. The van der Waals surface area contributed by atoms with E-state index < -0.39 is 5.97 Å². The summed E-state index contributed by atoms with van der Waals surface area (Å²) in [6, 6.07) is 5.96. The number of aliphatic carboxylic acids is 1. The van der Waals surface area contributed by atoms with Gasteiger partial charge in [-0.25, -0.2) is 4.98 Å². The molecule has 4 heteroatoms. The second-order valence-electron chi connectivity index (χ2n) is 2.67. The van der Waals surface area contributed by atoms with Gasteiger partial charge in [0.1, 0.15) is 5.65 Å². The van der Waals surface area contributed by atoms with Crippen LogP contribution in [0.5, 0.6) is 0 Å². The predicted octanol–water partition coefficient (Wildman–Crippen LogP) is 2.04. The molecule has 0 atom stereocenters. The minimum atomic E-state index is -0.745. The number of fused-ring (bicyclic) bond motifs is 1. The fourth-order valence-corrected chi connectivity index (χ4v) is 0.883. The van der Waals surface area contributed by atoms with Gasteiger partial charge in [0.15, 0.2) is 0 Å². The van der Waals surface area contributed by atoms with E-state index in [0.717, 1.165) is 11.0 Å². The molecule has 0 aliphatic carbocycles. The minimum Gasteiger partial charge on any atom is -0.481 e. The Morgan fingerprint density at radius 3 is 2.86 bits per heavy atom. The van der Waals surface area contributed by atoms with E-state index in [9.17, 15) is 4.79 Å². The minimum absolute atomic E-state index is 0.222. The van der Waals surface area contributed by atoms with Gasteiger partial charge in [-0.05, 0) is 18.2 Å². The molecule has 0 bridgehead atoms. The molecule has 2 N–H and O–H groups in total. The largest absolute Gasteiger partial charge is 0.481 e. The summed E-state index contributed by atoms with van der Waals surface area (Å²) in [7, 11) is 0. The Hall–Kier alpha value is -1.84. The average molecular weight is 192 g/mol. The molecule has 4 nitrogen and oxygen atoms in total. The third kappa shape index (κ3) is 2.90. The first kappa shape index (κ1) is 10.2. The van der Waals surface area contributed by atoms with Crippen LogP contribution in [0, 0.1) is 0 Å². The number of hydrogen-bond donors (Lipinski definition) is 2. The molecule has 2 aromatic heterocycles. The van der Waals surface area contributed by atoms with Crippen LogP contribution in [0.25, 0.3) is 11.0 Å². The number of pyridine rings is 1. The van der Waals surface area contributed by atoms with Crippen LogP contribution in [-0.4, -0.2) is 21.0 Å². The molecule has 0 radical (unpaired) electrons. The van der Waals surface area contributed by atoms with Crippen LogP contribution in [0.3, 0.4) is 0 Å². The number of rotatable bonds is 1. The van der Waals surface area contributed by atoms with Crippen LogP contribution in [0.2, 0.25) is 0 Å². The number of aromatic nitrogens is 2. The molecule has 74 valence electrons. The van der Waals surface area contributed by atoms with Crippen molar-refractivity contribution in [1.29, 1.82) is 0 Å². The highest BCUT2D eigenvalue weighted by Gasteiger charge is 1.88. The van der Waals surface area contributed by atoms with Gasteiger partial charge in [0.2, 0.25) is 0 Å². The fourth-order valence-electron chi connectivity index (χ4n) is 0.883. The molecular formula is C10H12N2O2. The summed E-state index contributed by atoms with van der Waals surface area (Å²) in [5.41, 5.74) is 0.956. The third-order valence-electron chi connectivity index (χ3n) is 1.62. The van der Waals surface area contributed by atoms with E-state index in [1.165, 1.54) is 0 Å². The predicted molar refractivity (Wildman–Crippen MR) is 54.0 cm³/mol. The van der Waals surface area contributed by atoms with Crippen molar-refractivity contribution >= 4 is 17.0 Å². The Labute approximate surface area is 81.6 Å². The van der Waals surface area contributed by atoms with E-state index in [1.54, 1.807) is 13.1 Å². The summed E-state index contributed by atoms with van der Waals surface area (Å²) in [6.45, 7) is 1.60. The molecule has 0 fully saturated rings. The van der Waals surface area contributed by atoms with Crippen molar-refractivity contribution < 1.29 is 9.90 Å². The second-order valence-corrected chi connectivity index (χ2v) is 2.67. The zero-order valence-corrected chi connectivity index (χ0v) is 7.90. The summed E-state index contributed by atoms with van der Waals surface area (Å²) in [6.07, 6.45) is 3.89. The number of nitrogens with zero attached hydrogens (tertiary/aromatic N) is 1. The molecule has 14 heavy (non-hydrogen) atoms. The number of carboxylic acids is 1. The van der Waals surface area contributed by atoms with Crippen molar-refractivity contribution in [3.63, 3.8) is 0 Å². The highest BCUT2D eigenvalue weighted by Crippen LogP contribution is 2.05. The van der Waals surface area contributed by atoms with Gasteiger partial charge in [-0.3, -0.25) is 4.79 Å². The van der Waals surface area contributed by atoms with Crippen molar-refractivity contribution in [2.75, 3.05) is 0 Å².